The van der Waals surface area contributed by atoms with Crippen LogP contribution in [0.4, 0.5) is 4.39 Å². The van der Waals surface area contributed by atoms with Gasteiger partial charge in [0.1, 0.15) is 5.82 Å². The zero-order chi connectivity index (χ0) is 14.7. The molecule has 20 heavy (non-hydrogen) atoms. The third-order valence-corrected chi connectivity index (χ3v) is 4.45. The summed E-state index contributed by atoms with van der Waals surface area (Å²) in [5.74, 6) is -0.244. The predicted molar refractivity (Wildman–Crippen MR) is 88.5 cm³/mol. The monoisotopic (exact) mass is 399 g/mol. The van der Waals surface area contributed by atoms with Gasteiger partial charge >= 0.3 is 0 Å². The van der Waals surface area contributed by atoms with E-state index in [1.807, 2.05) is 12.1 Å². The van der Waals surface area contributed by atoms with E-state index in [2.05, 4.69) is 69.2 Å². The maximum Gasteiger partial charge on any atom is 0.137 e. The predicted octanol–water partition coefficient (Wildman–Crippen LogP) is 5.36. The van der Waals surface area contributed by atoms with Crippen LogP contribution < -0.4 is 5.32 Å². The van der Waals surface area contributed by atoms with Crippen molar-refractivity contribution in [2.75, 3.05) is 6.54 Å². The molecule has 1 N–H and O–H groups in total. The smallest absolute Gasteiger partial charge is 0.137 e. The molecule has 0 spiro atoms. The lowest BCUT2D eigenvalue weighted by Crippen LogP contribution is -2.22. The van der Waals surface area contributed by atoms with Crippen molar-refractivity contribution in [1.29, 1.82) is 0 Å². The normalized spacial score (nSPS) is 12.4. The van der Waals surface area contributed by atoms with Gasteiger partial charge in [-0.25, -0.2) is 4.39 Å². The Morgan fingerprint density at radius 2 is 1.85 bits per heavy atom. The first-order valence-electron chi connectivity index (χ1n) is 6.47. The van der Waals surface area contributed by atoms with Crippen LogP contribution in [0.25, 0.3) is 0 Å². The van der Waals surface area contributed by atoms with Gasteiger partial charge in [-0.1, -0.05) is 41.1 Å². The van der Waals surface area contributed by atoms with Gasteiger partial charge in [-0.15, -0.1) is 0 Å². The average molecular weight is 401 g/mol. The molecule has 0 aliphatic heterocycles. The molecule has 106 valence electrons. The molecule has 0 bridgehead atoms. The second-order valence-corrected chi connectivity index (χ2v) is 6.40. The highest BCUT2D eigenvalue weighted by Gasteiger charge is 2.17. The van der Waals surface area contributed by atoms with E-state index < -0.39 is 0 Å². The number of halogens is 3. The Bertz CT molecular complexity index is 613. The Kier molecular flexibility index (Phi) is 5.35. The van der Waals surface area contributed by atoms with E-state index in [0.29, 0.717) is 4.47 Å². The maximum atomic E-state index is 13.4. The molecule has 0 aliphatic rings. The summed E-state index contributed by atoms with van der Waals surface area (Å²) in [7, 11) is 0. The lowest BCUT2D eigenvalue weighted by molar-refractivity contribution is 0.607. The first kappa shape index (κ1) is 15.7. The zero-order valence-electron chi connectivity index (χ0n) is 11.4. The van der Waals surface area contributed by atoms with Gasteiger partial charge in [-0.05, 0) is 64.3 Å². The van der Waals surface area contributed by atoms with Crippen molar-refractivity contribution >= 4 is 31.9 Å². The Morgan fingerprint density at radius 1 is 1.10 bits per heavy atom. The molecule has 1 nitrogen and oxygen atoms in total. The van der Waals surface area contributed by atoms with Crippen LogP contribution in [0.2, 0.25) is 0 Å². The number of aryl methyl sites for hydroxylation is 1. The molecule has 0 radical (unpaired) electrons. The zero-order valence-corrected chi connectivity index (χ0v) is 14.6. The van der Waals surface area contributed by atoms with Crippen molar-refractivity contribution in [3.05, 3.63) is 67.9 Å². The topological polar surface area (TPSA) is 12.0 Å². The fourth-order valence-corrected chi connectivity index (χ4v) is 3.29. The molecule has 1 unspecified atom stereocenters. The standard InChI is InChI=1S/C16H16Br2FN/c1-3-20-16(11-5-7-15(19)14(18)9-11)12-6-4-10(2)8-13(12)17/h4-9,16,20H,3H2,1-2H3. The highest BCUT2D eigenvalue weighted by Crippen LogP contribution is 2.31. The Labute approximate surface area is 135 Å². The number of benzene rings is 2. The van der Waals surface area contributed by atoms with E-state index in [9.17, 15) is 4.39 Å². The van der Waals surface area contributed by atoms with Crippen LogP contribution >= 0.6 is 31.9 Å². The fraction of sp³-hybridized carbons (Fsp3) is 0.250. The van der Waals surface area contributed by atoms with Crippen molar-refractivity contribution in [3.8, 4) is 0 Å². The van der Waals surface area contributed by atoms with Crippen LogP contribution in [0, 0.1) is 12.7 Å². The van der Waals surface area contributed by atoms with Crippen LogP contribution in [0.3, 0.4) is 0 Å². The minimum atomic E-state index is -0.244. The summed E-state index contributed by atoms with van der Waals surface area (Å²) in [6, 6.07) is 11.5. The fourth-order valence-electron chi connectivity index (χ4n) is 2.17. The van der Waals surface area contributed by atoms with Crippen molar-refractivity contribution in [3.63, 3.8) is 0 Å². The summed E-state index contributed by atoms with van der Waals surface area (Å²) in [5, 5.41) is 3.45. The van der Waals surface area contributed by atoms with Crippen LogP contribution in [0.1, 0.15) is 29.7 Å². The number of nitrogens with one attached hydrogen (secondary N) is 1. The second kappa shape index (κ2) is 6.83. The summed E-state index contributed by atoms with van der Waals surface area (Å²) >= 11 is 6.88. The van der Waals surface area contributed by atoms with Gasteiger partial charge in [0, 0.05) is 4.47 Å². The van der Waals surface area contributed by atoms with Crippen LogP contribution in [-0.2, 0) is 0 Å². The number of rotatable bonds is 4. The third kappa shape index (κ3) is 3.48. The van der Waals surface area contributed by atoms with Gasteiger partial charge < -0.3 is 5.32 Å². The summed E-state index contributed by atoms with van der Waals surface area (Å²) in [5.41, 5.74) is 3.39. The molecule has 0 saturated heterocycles. The SMILES string of the molecule is CCNC(c1ccc(F)c(Br)c1)c1ccc(C)cc1Br. The highest BCUT2D eigenvalue weighted by atomic mass is 79.9. The van der Waals surface area contributed by atoms with E-state index in [1.165, 1.54) is 11.6 Å². The first-order valence-corrected chi connectivity index (χ1v) is 8.06. The molecular formula is C16H16Br2FN. The molecule has 0 amide bonds. The van der Waals surface area contributed by atoms with Gasteiger partial charge in [0.15, 0.2) is 0 Å². The van der Waals surface area contributed by atoms with Crippen LogP contribution in [-0.4, -0.2) is 6.54 Å². The third-order valence-electron chi connectivity index (χ3n) is 3.15. The van der Waals surface area contributed by atoms with Gasteiger partial charge in [-0.3, -0.25) is 0 Å². The molecule has 0 heterocycles. The van der Waals surface area contributed by atoms with Crippen molar-refractivity contribution in [2.45, 2.75) is 19.9 Å². The molecule has 0 aliphatic carbocycles. The summed E-state index contributed by atoms with van der Waals surface area (Å²) in [6.07, 6.45) is 0. The Balaban J connectivity index is 2.47. The van der Waals surface area contributed by atoms with E-state index in [0.717, 1.165) is 22.1 Å². The maximum absolute atomic E-state index is 13.4. The molecule has 0 fully saturated rings. The van der Waals surface area contributed by atoms with Crippen molar-refractivity contribution in [2.24, 2.45) is 0 Å². The molecule has 4 heteroatoms. The highest BCUT2D eigenvalue weighted by molar-refractivity contribution is 9.10. The molecule has 0 aromatic heterocycles. The quantitative estimate of drug-likeness (QED) is 0.728. The first-order chi connectivity index (χ1) is 9.52. The van der Waals surface area contributed by atoms with Crippen molar-refractivity contribution in [1.82, 2.24) is 5.32 Å². The molecule has 1 atom stereocenters. The van der Waals surface area contributed by atoms with Gasteiger partial charge in [0.05, 0.1) is 10.5 Å². The largest absolute Gasteiger partial charge is 0.306 e. The summed E-state index contributed by atoms with van der Waals surface area (Å²) in [6.45, 7) is 4.96. The molecule has 0 saturated carbocycles. The number of hydrogen-bond acceptors (Lipinski definition) is 1. The van der Waals surface area contributed by atoms with Gasteiger partial charge in [0.2, 0.25) is 0 Å². The molecular weight excluding hydrogens is 385 g/mol. The number of hydrogen-bond donors (Lipinski definition) is 1. The lowest BCUT2D eigenvalue weighted by Gasteiger charge is -2.21. The van der Waals surface area contributed by atoms with Crippen LogP contribution in [0.5, 0.6) is 0 Å². The molecule has 2 rings (SSSR count). The Hall–Kier alpha value is -0.710. The summed E-state index contributed by atoms with van der Waals surface area (Å²) in [4.78, 5) is 0. The van der Waals surface area contributed by atoms with Gasteiger partial charge in [0.25, 0.3) is 0 Å². The van der Waals surface area contributed by atoms with E-state index in [-0.39, 0.29) is 11.9 Å². The van der Waals surface area contributed by atoms with Crippen molar-refractivity contribution < 1.29 is 4.39 Å². The molecule has 2 aromatic carbocycles. The van der Waals surface area contributed by atoms with Crippen LogP contribution in [0.15, 0.2) is 45.3 Å². The minimum absolute atomic E-state index is 0.0341. The Morgan fingerprint density at radius 3 is 2.45 bits per heavy atom. The second-order valence-electron chi connectivity index (χ2n) is 4.69. The minimum Gasteiger partial charge on any atom is -0.306 e. The lowest BCUT2D eigenvalue weighted by atomic mass is 9.97. The average Bonchev–Trinajstić information content (AvgIpc) is 2.40. The van der Waals surface area contributed by atoms with E-state index in [4.69, 9.17) is 0 Å². The van der Waals surface area contributed by atoms with Gasteiger partial charge in [-0.2, -0.15) is 0 Å². The summed E-state index contributed by atoms with van der Waals surface area (Å²) < 4.78 is 15.0. The molecule has 2 aromatic rings. The van der Waals surface area contributed by atoms with E-state index >= 15 is 0 Å². The van der Waals surface area contributed by atoms with E-state index in [1.54, 1.807) is 0 Å².